The molecule has 2 aromatic carbocycles. The molecule has 21 heavy (non-hydrogen) atoms. The first-order valence-corrected chi connectivity index (χ1v) is 7.08. The minimum atomic E-state index is -1.37. The Bertz CT molecular complexity index is 702. The Morgan fingerprint density at radius 1 is 1.19 bits per heavy atom. The van der Waals surface area contributed by atoms with Crippen molar-refractivity contribution in [3.05, 3.63) is 58.1 Å². The minimum absolute atomic E-state index is 0.0959. The van der Waals surface area contributed by atoms with Gasteiger partial charge in [-0.3, -0.25) is 10.1 Å². The quantitative estimate of drug-likeness (QED) is 0.513. The van der Waals surface area contributed by atoms with Crippen molar-refractivity contribution >= 4 is 23.4 Å². The topological polar surface area (TPSA) is 89.7 Å². The van der Waals surface area contributed by atoms with Crippen LogP contribution in [-0.4, -0.2) is 22.3 Å². The van der Waals surface area contributed by atoms with Crippen LogP contribution in [0, 0.1) is 10.1 Å². The number of carboxylic acid groups (broad SMARTS) is 1. The van der Waals surface area contributed by atoms with Crippen LogP contribution in [0.25, 0.3) is 0 Å². The molecule has 2 aromatic rings. The Morgan fingerprint density at radius 2 is 1.86 bits per heavy atom. The van der Waals surface area contributed by atoms with Crippen LogP contribution in [0.1, 0.15) is 10.4 Å². The molecule has 1 N–H and O–H groups in total. The van der Waals surface area contributed by atoms with E-state index in [0.717, 1.165) is 4.90 Å². The van der Waals surface area contributed by atoms with Gasteiger partial charge in [0.15, 0.2) is 0 Å². The van der Waals surface area contributed by atoms with E-state index in [1.165, 1.54) is 30.0 Å². The Hall–Kier alpha value is -2.54. The molecule has 0 aromatic heterocycles. The zero-order valence-electron chi connectivity index (χ0n) is 11.0. The van der Waals surface area contributed by atoms with Crippen LogP contribution in [0.4, 0.5) is 5.69 Å². The fraction of sp³-hybridized carbons (Fsp3) is 0.0714. The van der Waals surface area contributed by atoms with Crippen LogP contribution >= 0.6 is 11.8 Å². The van der Waals surface area contributed by atoms with Gasteiger partial charge in [-0.25, -0.2) is 4.79 Å². The number of thioether (sulfide) groups is 1. The summed E-state index contributed by atoms with van der Waals surface area (Å²) in [6.07, 6.45) is 1.85. The molecule has 0 fully saturated rings. The second kappa shape index (κ2) is 6.27. The number of nitrogens with zero attached hydrogens (tertiary/aromatic N) is 1. The molecule has 0 radical (unpaired) electrons. The lowest BCUT2D eigenvalue weighted by Crippen LogP contribution is -2.04. The van der Waals surface area contributed by atoms with E-state index in [2.05, 4.69) is 0 Å². The summed E-state index contributed by atoms with van der Waals surface area (Å²) < 4.78 is 5.56. The van der Waals surface area contributed by atoms with Crippen molar-refractivity contribution < 1.29 is 19.6 Å². The third-order valence-electron chi connectivity index (χ3n) is 2.70. The van der Waals surface area contributed by atoms with E-state index in [9.17, 15) is 14.9 Å². The fourth-order valence-electron chi connectivity index (χ4n) is 1.79. The van der Waals surface area contributed by atoms with Crippen molar-refractivity contribution in [2.75, 3.05) is 6.26 Å². The van der Waals surface area contributed by atoms with E-state index in [4.69, 9.17) is 9.84 Å². The highest BCUT2D eigenvalue weighted by atomic mass is 32.2. The zero-order chi connectivity index (χ0) is 15.4. The van der Waals surface area contributed by atoms with Crippen molar-refractivity contribution in [3.8, 4) is 11.5 Å². The first kappa shape index (κ1) is 14.9. The Labute approximate surface area is 124 Å². The van der Waals surface area contributed by atoms with Crippen LogP contribution in [-0.2, 0) is 0 Å². The molecule has 7 heteroatoms. The van der Waals surface area contributed by atoms with Gasteiger partial charge in [-0.1, -0.05) is 18.2 Å². The Balaban J connectivity index is 2.52. The summed E-state index contributed by atoms with van der Waals surface area (Å²) >= 11 is 1.43. The van der Waals surface area contributed by atoms with Gasteiger partial charge in [-0.05, 0) is 30.5 Å². The molecule has 2 rings (SSSR count). The third-order valence-corrected chi connectivity index (χ3v) is 3.48. The van der Waals surface area contributed by atoms with Gasteiger partial charge in [0.2, 0.25) is 5.75 Å². The number of rotatable bonds is 5. The van der Waals surface area contributed by atoms with Gasteiger partial charge >= 0.3 is 11.7 Å². The number of nitro groups is 1. The third kappa shape index (κ3) is 3.14. The summed E-state index contributed by atoms with van der Waals surface area (Å²) in [6, 6.07) is 11.0. The average molecular weight is 305 g/mol. The van der Waals surface area contributed by atoms with E-state index in [-0.39, 0.29) is 5.75 Å². The molecular formula is C14H11NO5S. The number of hydrogen-bond acceptors (Lipinski definition) is 5. The number of ether oxygens (including phenoxy) is 1. The lowest BCUT2D eigenvalue weighted by molar-refractivity contribution is -0.386. The molecule has 0 spiro atoms. The van der Waals surface area contributed by atoms with Gasteiger partial charge in [-0.15, -0.1) is 11.8 Å². The normalized spacial score (nSPS) is 10.1. The highest BCUT2D eigenvalue weighted by Gasteiger charge is 2.26. The van der Waals surface area contributed by atoms with Gasteiger partial charge in [0.05, 0.1) is 4.92 Å². The summed E-state index contributed by atoms with van der Waals surface area (Å²) in [6.45, 7) is 0. The zero-order valence-corrected chi connectivity index (χ0v) is 11.8. The second-order valence-electron chi connectivity index (χ2n) is 3.97. The first-order chi connectivity index (χ1) is 10.0. The molecule has 0 aliphatic rings. The van der Waals surface area contributed by atoms with Gasteiger partial charge in [0.25, 0.3) is 0 Å². The average Bonchev–Trinajstić information content (AvgIpc) is 2.47. The number of aromatic carboxylic acids is 1. The van der Waals surface area contributed by atoms with Crippen LogP contribution in [0.3, 0.4) is 0 Å². The van der Waals surface area contributed by atoms with E-state index in [1.54, 1.807) is 12.1 Å². The van der Waals surface area contributed by atoms with Crippen molar-refractivity contribution in [1.82, 2.24) is 0 Å². The maximum atomic E-state index is 11.1. The van der Waals surface area contributed by atoms with Crippen molar-refractivity contribution in [2.24, 2.45) is 0 Å². The molecule has 0 aliphatic carbocycles. The van der Waals surface area contributed by atoms with E-state index >= 15 is 0 Å². The number of carbonyl (C=O) groups is 1. The molecule has 0 atom stereocenters. The van der Waals surface area contributed by atoms with E-state index in [1.807, 2.05) is 18.4 Å². The maximum Gasteiger partial charge on any atom is 0.342 e. The summed E-state index contributed by atoms with van der Waals surface area (Å²) in [5.41, 5.74) is -0.958. The maximum absolute atomic E-state index is 11.1. The molecule has 0 heterocycles. The van der Waals surface area contributed by atoms with Crippen molar-refractivity contribution in [1.29, 1.82) is 0 Å². The number of para-hydroxylation sites is 2. The highest BCUT2D eigenvalue weighted by Crippen LogP contribution is 2.37. The Kier molecular flexibility index (Phi) is 4.44. The molecule has 0 saturated carbocycles. The molecule has 0 saturated heterocycles. The van der Waals surface area contributed by atoms with Crippen LogP contribution in [0.15, 0.2) is 47.4 Å². The number of nitro benzene ring substituents is 1. The van der Waals surface area contributed by atoms with Crippen LogP contribution in [0.5, 0.6) is 11.5 Å². The molecule has 0 aliphatic heterocycles. The van der Waals surface area contributed by atoms with Crippen molar-refractivity contribution in [3.63, 3.8) is 0 Å². The van der Waals surface area contributed by atoms with Gasteiger partial charge in [0.1, 0.15) is 11.3 Å². The molecular weight excluding hydrogens is 294 g/mol. The molecule has 108 valence electrons. The summed E-state index contributed by atoms with van der Waals surface area (Å²) in [4.78, 5) is 22.3. The van der Waals surface area contributed by atoms with Crippen LogP contribution in [0.2, 0.25) is 0 Å². The predicted molar refractivity (Wildman–Crippen MR) is 78.4 cm³/mol. The molecule has 6 nitrogen and oxygen atoms in total. The summed E-state index contributed by atoms with van der Waals surface area (Å²) in [7, 11) is 0. The molecule has 0 unspecified atom stereocenters. The Morgan fingerprint density at radius 3 is 2.48 bits per heavy atom. The monoisotopic (exact) mass is 305 g/mol. The SMILES string of the molecule is CSc1ccccc1Oc1cccc(C(=O)O)c1[N+](=O)[O-]. The number of carboxylic acids is 1. The van der Waals surface area contributed by atoms with E-state index < -0.39 is 22.1 Å². The van der Waals surface area contributed by atoms with Crippen molar-refractivity contribution in [2.45, 2.75) is 4.90 Å². The lowest BCUT2D eigenvalue weighted by atomic mass is 10.1. The first-order valence-electron chi connectivity index (χ1n) is 5.86. The van der Waals surface area contributed by atoms with Gasteiger partial charge in [0, 0.05) is 4.90 Å². The fourth-order valence-corrected chi connectivity index (χ4v) is 2.31. The summed E-state index contributed by atoms with van der Waals surface area (Å²) in [5, 5.41) is 20.2. The second-order valence-corrected chi connectivity index (χ2v) is 4.82. The van der Waals surface area contributed by atoms with Gasteiger partial charge < -0.3 is 9.84 Å². The summed E-state index contributed by atoms with van der Waals surface area (Å²) in [5.74, 6) is -1.03. The predicted octanol–water partition coefficient (Wildman–Crippen LogP) is 3.81. The number of hydrogen-bond donors (Lipinski definition) is 1. The highest BCUT2D eigenvalue weighted by molar-refractivity contribution is 7.98. The van der Waals surface area contributed by atoms with E-state index in [0.29, 0.717) is 5.75 Å². The van der Waals surface area contributed by atoms with Gasteiger partial charge in [-0.2, -0.15) is 0 Å². The van der Waals surface area contributed by atoms with Crippen LogP contribution < -0.4 is 4.74 Å². The molecule has 0 amide bonds. The standard InChI is InChI=1S/C14H11NO5S/c1-21-12-8-3-2-6-10(12)20-11-7-4-5-9(14(16)17)13(11)15(18)19/h2-8H,1H3,(H,16,17). The largest absolute Gasteiger partial charge is 0.477 e. The number of benzene rings is 2. The minimum Gasteiger partial charge on any atom is -0.477 e. The smallest absolute Gasteiger partial charge is 0.342 e. The lowest BCUT2D eigenvalue weighted by Gasteiger charge is -2.10. The molecule has 0 bridgehead atoms.